The number of rotatable bonds is 7. The second-order valence-corrected chi connectivity index (χ2v) is 5.16. The Morgan fingerprint density at radius 1 is 1.33 bits per heavy atom. The van der Waals surface area contributed by atoms with E-state index in [0.29, 0.717) is 18.9 Å². The zero-order chi connectivity index (χ0) is 13.5. The zero-order valence-corrected chi connectivity index (χ0v) is 11.6. The van der Waals surface area contributed by atoms with Crippen LogP contribution in [0.25, 0.3) is 0 Å². The normalized spacial score (nSPS) is 12.8. The van der Waals surface area contributed by atoms with Crippen LogP contribution in [0.1, 0.15) is 39.2 Å². The molecule has 0 amide bonds. The van der Waals surface area contributed by atoms with Gasteiger partial charge in [0.15, 0.2) is 0 Å². The molecule has 1 atom stereocenters. The Hall–Kier alpha value is -1.09. The monoisotopic (exact) mass is 253 g/mol. The maximum atomic E-state index is 13.3. The average molecular weight is 253 g/mol. The Morgan fingerprint density at radius 3 is 2.67 bits per heavy atom. The van der Waals surface area contributed by atoms with Crippen LogP contribution in [0.15, 0.2) is 18.2 Å². The number of nitrogens with two attached hydrogens (primary N) is 1. The molecule has 0 fully saturated rings. The third kappa shape index (κ3) is 5.05. The van der Waals surface area contributed by atoms with Crippen LogP contribution >= 0.6 is 0 Å². The van der Waals surface area contributed by atoms with Crippen LogP contribution in [0, 0.1) is 11.7 Å². The quantitative estimate of drug-likeness (QED) is 0.806. The molecule has 0 saturated heterocycles. The molecular formula is C15H24FNO. The van der Waals surface area contributed by atoms with Crippen LogP contribution in [-0.4, -0.2) is 12.6 Å². The fourth-order valence-corrected chi connectivity index (χ4v) is 1.68. The summed E-state index contributed by atoms with van der Waals surface area (Å²) in [6.45, 7) is 7.00. The summed E-state index contributed by atoms with van der Waals surface area (Å²) >= 11 is 0. The summed E-state index contributed by atoms with van der Waals surface area (Å²) in [5, 5.41) is 0. The molecule has 0 aliphatic carbocycles. The highest BCUT2D eigenvalue weighted by molar-refractivity contribution is 5.34. The van der Waals surface area contributed by atoms with Crippen LogP contribution in [0.5, 0.6) is 5.75 Å². The van der Waals surface area contributed by atoms with Crippen LogP contribution in [0.3, 0.4) is 0 Å². The van der Waals surface area contributed by atoms with Crippen LogP contribution in [0.4, 0.5) is 4.39 Å². The maximum absolute atomic E-state index is 13.3. The van der Waals surface area contributed by atoms with Gasteiger partial charge in [-0.25, -0.2) is 4.39 Å². The Labute approximate surface area is 109 Å². The van der Waals surface area contributed by atoms with Gasteiger partial charge in [-0.05, 0) is 48.9 Å². The van der Waals surface area contributed by atoms with Gasteiger partial charge in [-0.1, -0.05) is 20.8 Å². The molecule has 1 rings (SSSR count). The van der Waals surface area contributed by atoms with Crippen molar-refractivity contribution in [2.24, 2.45) is 11.7 Å². The van der Waals surface area contributed by atoms with Crippen molar-refractivity contribution in [3.8, 4) is 5.75 Å². The van der Waals surface area contributed by atoms with E-state index in [1.54, 1.807) is 6.07 Å². The second-order valence-electron chi connectivity index (χ2n) is 5.16. The van der Waals surface area contributed by atoms with E-state index in [4.69, 9.17) is 10.5 Å². The van der Waals surface area contributed by atoms with Crippen molar-refractivity contribution in [1.29, 1.82) is 0 Å². The fraction of sp³-hybridized carbons (Fsp3) is 0.600. The van der Waals surface area contributed by atoms with E-state index in [2.05, 4.69) is 13.8 Å². The number of benzene rings is 1. The van der Waals surface area contributed by atoms with Crippen LogP contribution in [0.2, 0.25) is 0 Å². The largest absolute Gasteiger partial charge is 0.493 e. The summed E-state index contributed by atoms with van der Waals surface area (Å²) in [6.07, 6.45) is 2.53. The number of halogens is 1. The summed E-state index contributed by atoms with van der Waals surface area (Å²) in [6, 6.07) is 4.72. The van der Waals surface area contributed by atoms with Gasteiger partial charge in [0.05, 0.1) is 6.61 Å². The predicted molar refractivity (Wildman–Crippen MR) is 73.3 cm³/mol. The van der Waals surface area contributed by atoms with Gasteiger partial charge in [-0.2, -0.15) is 0 Å². The van der Waals surface area contributed by atoms with Gasteiger partial charge in [-0.15, -0.1) is 0 Å². The molecule has 1 aromatic rings. The number of hydrogen-bond donors (Lipinski definition) is 1. The van der Waals surface area contributed by atoms with Gasteiger partial charge >= 0.3 is 0 Å². The van der Waals surface area contributed by atoms with Crippen molar-refractivity contribution >= 4 is 0 Å². The van der Waals surface area contributed by atoms with Gasteiger partial charge in [0.1, 0.15) is 11.6 Å². The Balaban J connectivity index is 2.70. The van der Waals surface area contributed by atoms with E-state index < -0.39 is 0 Å². The average Bonchev–Trinajstić information content (AvgIpc) is 2.31. The molecule has 1 unspecified atom stereocenters. The van der Waals surface area contributed by atoms with E-state index in [0.717, 1.165) is 24.2 Å². The third-order valence-corrected chi connectivity index (χ3v) is 2.98. The van der Waals surface area contributed by atoms with E-state index in [-0.39, 0.29) is 11.9 Å². The van der Waals surface area contributed by atoms with Crippen molar-refractivity contribution in [3.05, 3.63) is 29.6 Å². The Kier molecular flexibility index (Phi) is 6.13. The first-order chi connectivity index (χ1) is 8.52. The zero-order valence-electron chi connectivity index (χ0n) is 11.6. The highest BCUT2D eigenvalue weighted by Crippen LogP contribution is 2.22. The van der Waals surface area contributed by atoms with Crippen molar-refractivity contribution in [2.75, 3.05) is 6.61 Å². The third-order valence-electron chi connectivity index (χ3n) is 2.98. The summed E-state index contributed by atoms with van der Waals surface area (Å²) in [4.78, 5) is 0. The minimum absolute atomic E-state index is 0.0549. The summed E-state index contributed by atoms with van der Waals surface area (Å²) < 4.78 is 19.0. The molecule has 2 nitrogen and oxygen atoms in total. The lowest BCUT2D eigenvalue weighted by molar-refractivity contribution is 0.286. The minimum atomic E-state index is -0.232. The molecule has 3 heteroatoms. The molecular weight excluding hydrogens is 229 g/mol. The lowest BCUT2D eigenvalue weighted by atomic mass is 10.0. The van der Waals surface area contributed by atoms with Crippen LogP contribution in [-0.2, 0) is 6.42 Å². The minimum Gasteiger partial charge on any atom is -0.493 e. The maximum Gasteiger partial charge on any atom is 0.123 e. The van der Waals surface area contributed by atoms with Crippen molar-refractivity contribution < 1.29 is 9.13 Å². The molecule has 0 aromatic heterocycles. The Bertz CT molecular complexity index is 366. The molecule has 0 aliphatic rings. The lowest BCUT2D eigenvalue weighted by Crippen LogP contribution is -2.22. The molecule has 18 heavy (non-hydrogen) atoms. The first-order valence-electron chi connectivity index (χ1n) is 6.69. The topological polar surface area (TPSA) is 35.2 Å². The van der Waals surface area contributed by atoms with E-state index in [1.165, 1.54) is 12.1 Å². The predicted octanol–water partition coefficient (Wildman–Crippen LogP) is 3.53. The highest BCUT2D eigenvalue weighted by atomic mass is 19.1. The molecule has 0 heterocycles. The molecule has 0 aliphatic heterocycles. The van der Waals surface area contributed by atoms with E-state index >= 15 is 0 Å². The number of hydrogen-bond acceptors (Lipinski definition) is 2. The van der Waals surface area contributed by atoms with Crippen molar-refractivity contribution in [3.63, 3.8) is 0 Å². The lowest BCUT2D eigenvalue weighted by Gasteiger charge is -2.15. The smallest absolute Gasteiger partial charge is 0.123 e. The van der Waals surface area contributed by atoms with Crippen molar-refractivity contribution in [2.45, 2.75) is 46.1 Å². The highest BCUT2D eigenvalue weighted by Gasteiger charge is 2.09. The molecule has 102 valence electrons. The Morgan fingerprint density at radius 2 is 2.06 bits per heavy atom. The number of ether oxygens (including phenoxy) is 1. The summed E-state index contributed by atoms with van der Waals surface area (Å²) in [5.41, 5.74) is 6.79. The van der Waals surface area contributed by atoms with Crippen LogP contribution < -0.4 is 10.5 Å². The summed E-state index contributed by atoms with van der Waals surface area (Å²) in [5.74, 6) is 1.14. The van der Waals surface area contributed by atoms with E-state index in [9.17, 15) is 4.39 Å². The van der Waals surface area contributed by atoms with Gasteiger partial charge in [-0.3, -0.25) is 0 Å². The first-order valence-corrected chi connectivity index (χ1v) is 6.69. The molecule has 0 bridgehead atoms. The molecule has 2 N–H and O–H groups in total. The van der Waals surface area contributed by atoms with Gasteiger partial charge in [0.2, 0.25) is 0 Å². The standard InChI is InChI=1S/C15H24FNO/c1-4-14(17)10-12-9-13(16)5-6-15(12)18-8-7-11(2)3/h5-6,9,11,14H,4,7-8,10,17H2,1-3H3. The first kappa shape index (κ1) is 15.0. The SMILES string of the molecule is CCC(N)Cc1cc(F)ccc1OCCC(C)C. The van der Waals surface area contributed by atoms with Gasteiger partial charge in [0, 0.05) is 6.04 Å². The molecule has 0 saturated carbocycles. The fourth-order valence-electron chi connectivity index (χ4n) is 1.68. The second kappa shape index (κ2) is 7.37. The molecule has 0 spiro atoms. The molecule has 1 aromatic carbocycles. The van der Waals surface area contributed by atoms with Gasteiger partial charge in [0.25, 0.3) is 0 Å². The van der Waals surface area contributed by atoms with Crippen molar-refractivity contribution in [1.82, 2.24) is 0 Å². The summed E-state index contributed by atoms with van der Waals surface area (Å²) in [7, 11) is 0. The van der Waals surface area contributed by atoms with Gasteiger partial charge < -0.3 is 10.5 Å². The molecule has 0 radical (unpaired) electrons. The van der Waals surface area contributed by atoms with E-state index in [1.807, 2.05) is 6.92 Å².